The lowest BCUT2D eigenvalue weighted by molar-refractivity contribution is -0.118. The van der Waals surface area contributed by atoms with Gasteiger partial charge >= 0.3 is 0 Å². The summed E-state index contributed by atoms with van der Waals surface area (Å²) in [4.78, 5) is 24.7. The fourth-order valence-electron chi connectivity index (χ4n) is 2.25. The van der Waals surface area contributed by atoms with Crippen molar-refractivity contribution in [2.24, 2.45) is 5.92 Å². The Morgan fingerprint density at radius 3 is 2.20 bits per heavy atom. The van der Waals surface area contributed by atoms with Gasteiger partial charge in [0, 0.05) is 10.2 Å². The first-order valence-electron chi connectivity index (χ1n) is 7.61. The zero-order valence-electron chi connectivity index (χ0n) is 13.6. The topological polar surface area (TPSA) is 58.2 Å². The summed E-state index contributed by atoms with van der Waals surface area (Å²) in [5, 5.41) is 5.09. The van der Waals surface area contributed by atoms with Crippen LogP contribution in [-0.4, -0.2) is 17.9 Å². The van der Waals surface area contributed by atoms with Gasteiger partial charge in [-0.15, -0.1) is 0 Å². The highest BCUT2D eigenvalue weighted by atomic mass is 79.9. The fraction of sp³-hybridized carbons (Fsp3) is 0.222. The number of hydrogen-bond acceptors (Lipinski definition) is 2. The van der Waals surface area contributed by atoms with Gasteiger partial charge in [-0.3, -0.25) is 9.59 Å². The van der Waals surface area contributed by atoms with Crippen LogP contribution in [-0.2, 0) is 4.79 Å². The van der Waals surface area contributed by atoms with E-state index in [0.29, 0.717) is 5.69 Å². The molecule has 0 radical (unpaired) electrons. The third-order valence-electron chi connectivity index (χ3n) is 3.52. The van der Waals surface area contributed by atoms with E-state index in [1.807, 2.05) is 0 Å². The molecule has 0 fully saturated rings. The first kappa shape index (κ1) is 19.1. The minimum Gasteiger partial charge on any atom is -0.340 e. The zero-order valence-corrected chi connectivity index (χ0v) is 15.2. The van der Waals surface area contributed by atoms with E-state index >= 15 is 0 Å². The van der Waals surface area contributed by atoms with Crippen LogP contribution in [0, 0.1) is 17.6 Å². The molecule has 2 aromatic carbocycles. The Balaban J connectivity index is 2.18. The Kier molecular flexibility index (Phi) is 6.25. The fourth-order valence-corrected chi connectivity index (χ4v) is 2.65. The van der Waals surface area contributed by atoms with E-state index in [9.17, 15) is 18.4 Å². The van der Waals surface area contributed by atoms with Crippen molar-refractivity contribution in [1.82, 2.24) is 5.32 Å². The van der Waals surface area contributed by atoms with Crippen LogP contribution in [0.4, 0.5) is 14.5 Å². The van der Waals surface area contributed by atoms with E-state index < -0.39 is 35.1 Å². The summed E-state index contributed by atoms with van der Waals surface area (Å²) < 4.78 is 28.3. The van der Waals surface area contributed by atoms with Crippen molar-refractivity contribution >= 4 is 33.4 Å². The third-order valence-corrected chi connectivity index (χ3v) is 4.01. The van der Waals surface area contributed by atoms with Crippen LogP contribution < -0.4 is 10.6 Å². The number of hydrogen-bond donors (Lipinski definition) is 2. The summed E-state index contributed by atoms with van der Waals surface area (Å²) in [6.07, 6.45) is 0. The lowest BCUT2D eigenvalue weighted by atomic mass is 10.0. The number of amides is 2. The predicted molar refractivity (Wildman–Crippen MR) is 95.2 cm³/mol. The van der Waals surface area contributed by atoms with Crippen LogP contribution in [0.25, 0.3) is 0 Å². The number of carbonyl (C=O) groups is 2. The van der Waals surface area contributed by atoms with Gasteiger partial charge in [-0.2, -0.15) is 0 Å². The maximum absolute atomic E-state index is 13.7. The third kappa shape index (κ3) is 4.85. The molecular weight excluding hydrogens is 394 g/mol. The van der Waals surface area contributed by atoms with Crippen molar-refractivity contribution in [3.63, 3.8) is 0 Å². The lowest BCUT2D eigenvalue weighted by Crippen LogP contribution is -2.47. The van der Waals surface area contributed by atoms with Gasteiger partial charge in [0.05, 0.1) is 0 Å². The molecule has 7 heteroatoms. The van der Waals surface area contributed by atoms with Crippen LogP contribution in [0.15, 0.2) is 46.9 Å². The second kappa shape index (κ2) is 8.20. The van der Waals surface area contributed by atoms with Crippen LogP contribution in [0.1, 0.15) is 24.2 Å². The quantitative estimate of drug-likeness (QED) is 0.778. The van der Waals surface area contributed by atoms with Gasteiger partial charge in [0.15, 0.2) is 0 Å². The van der Waals surface area contributed by atoms with Gasteiger partial charge in [0.2, 0.25) is 5.91 Å². The highest BCUT2D eigenvalue weighted by Gasteiger charge is 2.27. The Morgan fingerprint density at radius 2 is 1.64 bits per heavy atom. The first-order valence-corrected chi connectivity index (χ1v) is 8.40. The van der Waals surface area contributed by atoms with Crippen molar-refractivity contribution in [2.45, 2.75) is 19.9 Å². The van der Waals surface area contributed by atoms with Gasteiger partial charge in [0.25, 0.3) is 5.91 Å². The van der Waals surface area contributed by atoms with Gasteiger partial charge in [-0.25, -0.2) is 8.78 Å². The normalized spacial score (nSPS) is 11.9. The van der Waals surface area contributed by atoms with Crippen LogP contribution >= 0.6 is 15.9 Å². The number of carbonyl (C=O) groups excluding carboxylic acids is 2. The second-order valence-electron chi connectivity index (χ2n) is 5.79. The van der Waals surface area contributed by atoms with E-state index in [-0.39, 0.29) is 5.92 Å². The lowest BCUT2D eigenvalue weighted by Gasteiger charge is -2.22. The molecule has 25 heavy (non-hydrogen) atoms. The SMILES string of the molecule is CC(C)[C@H](NC(=O)c1c(F)cccc1F)C(=O)Nc1cccc(Br)c1. The molecule has 0 heterocycles. The molecule has 0 bridgehead atoms. The standard InChI is InChI=1S/C18H17BrF2N2O2/c1-10(2)16(18(25)22-12-6-3-5-11(19)9-12)23-17(24)15-13(20)7-4-8-14(15)21/h3-10,16H,1-2H3,(H,22,25)(H,23,24)/t16-/m0/s1. The smallest absolute Gasteiger partial charge is 0.257 e. The summed E-state index contributed by atoms with van der Waals surface area (Å²) in [6.45, 7) is 3.45. The highest BCUT2D eigenvalue weighted by molar-refractivity contribution is 9.10. The number of benzene rings is 2. The van der Waals surface area contributed by atoms with Crippen LogP contribution in [0.2, 0.25) is 0 Å². The van der Waals surface area contributed by atoms with E-state index in [0.717, 1.165) is 16.6 Å². The minimum atomic E-state index is -0.979. The van der Waals surface area contributed by atoms with E-state index in [1.54, 1.807) is 38.1 Å². The average Bonchev–Trinajstić information content (AvgIpc) is 2.52. The van der Waals surface area contributed by atoms with Crippen LogP contribution in [0.3, 0.4) is 0 Å². The molecule has 132 valence electrons. The molecule has 0 saturated carbocycles. The Labute approximate surface area is 152 Å². The van der Waals surface area contributed by atoms with Gasteiger partial charge in [-0.05, 0) is 36.2 Å². The molecule has 0 aliphatic carbocycles. The summed E-state index contributed by atoms with van der Waals surface area (Å²) in [7, 11) is 0. The molecule has 0 spiro atoms. The number of anilines is 1. The summed E-state index contributed by atoms with van der Waals surface area (Å²) >= 11 is 3.30. The van der Waals surface area contributed by atoms with E-state index in [4.69, 9.17) is 0 Å². The summed E-state index contributed by atoms with van der Waals surface area (Å²) in [5.74, 6) is -3.69. The summed E-state index contributed by atoms with van der Waals surface area (Å²) in [5.41, 5.74) is -0.167. The van der Waals surface area contributed by atoms with Crippen molar-refractivity contribution in [3.05, 3.63) is 64.1 Å². The molecule has 0 aliphatic rings. The number of halogens is 3. The molecule has 0 unspecified atom stereocenters. The molecule has 0 aliphatic heterocycles. The zero-order chi connectivity index (χ0) is 18.6. The van der Waals surface area contributed by atoms with Crippen molar-refractivity contribution in [2.75, 3.05) is 5.32 Å². The molecular formula is C18H17BrF2N2O2. The van der Waals surface area contributed by atoms with E-state index in [2.05, 4.69) is 26.6 Å². The molecule has 0 saturated heterocycles. The Hall–Kier alpha value is -2.28. The van der Waals surface area contributed by atoms with Crippen molar-refractivity contribution < 1.29 is 18.4 Å². The number of rotatable bonds is 5. The molecule has 2 aromatic rings. The summed E-state index contributed by atoms with van der Waals surface area (Å²) in [6, 6.07) is 9.14. The first-order chi connectivity index (χ1) is 11.8. The van der Waals surface area contributed by atoms with Gasteiger partial charge in [-0.1, -0.05) is 41.9 Å². The maximum atomic E-state index is 13.7. The largest absolute Gasteiger partial charge is 0.340 e. The monoisotopic (exact) mass is 410 g/mol. The Morgan fingerprint density at radius 1 is 1.04 bits per heavy atom. The van der Waals surface area contributed by atoms with Crippen LogP contribution in [0.5, 0.6) is 0 Å². The minimum absolute atomic E-state index is 0.286. The number of nitrogens with one attached hydrogen (secondary N) is 2. The van der Waals surface area contributed by atoms with Gasteiger partial charge < -0.3 is 10.6 Å². The molecule has 2 amide bonds. The van der Waals surface area contributed by atoms with Crippen molar-refractivity contribution in [1.29, 1.82) is 0 Å². The molecule has 2 N–H and O–H groups in total. The molecule has 0 aromatic heterocycles. The molecule has 4 nitrogen and oxygen atoms in total. The second-order valence-corrected chi connectivity index (χ2v) is 6.71. The Bertz CT molecular complexity index is 776. The molecule has 2 rings (SSSR count). The van der Waals surface area contributed by atoms with E-state index in [1.165, 1.54) is 6.07 Å². The van der Waals surface area contributed by atoms with Gasteiger partial charge in [0.1, 0.15) is 23.2 Å². The molecule has 1 atom stereocenters. The average molecular weight is 411 g/mol. The maximum Gasteiger partial charge on any atom is 0.257 e. The predicted octanol–water partition coefficient (Wildman–Crippen LogP) is 4.12. The van der Waals surface area contributed by atoms with Crippen molar-refractivity contribution in [3.8, 4) is 0 Å². The highest BCUT2D eigenvalue weighted by Crippen LogP contribution is 2.17.